The highest BCUT2D eigenvalue weighted by molar-refractivity contribution is 6.15. The molecular formula is C14H14N6O2. The number of amides is 2. The van der Waals surface area contributed by atoms with Crippen molar-refractivity contribution in [2.75, 3.05) is 10.2 Å². The summed E-state index contributed by atoms with van der Waals surface area (Å²) in [6, 6.07) is 0. The number of anilines is 2. The fraction of sp³-hybridized carbons (Fsp3) is 0.357. The van der Waals surface area contributed by atoms with Crippen LogP contribution < -0.4 is 10.2 Å². The van der Waals surface area contributed by atoms with Gasteiger partial charge in [-0.05, 0) is 12.8 Å². The summed E-state index contributed by atoms with van der Waals surface area (Å²) in [7, 11) is 0. The largest absolute Gasteiger partial charge is 0.320 e. The van der Waals surface area contributed by atoms with Gasteiger partial charge in [-0.2, -0.15) is 4.98 Å². The second-order valence-electron chi connectivity index (χ2n) is 5.45. The Morgan fingerprint density at radius 1 is 1.41 bits per heavy atom. The summed E-state index contributed by atoms with van der Waals surface area (Å²) in [5.41, 5.74) is -0.363. The van der Waals surface area contributed by atoms with Gasteiger partial charge in [0.25, 0.3) is 5.91 Å². The van der Waals surface area contributed by atoms with Crippen molar-refractivity contribution in [3.63, 3.8) is 0 Å². The Morgan fingerprint density at radius 3 is 3.00 bits per heavy atom. The van der Waals surface area contributed by atoms with E-state index in [0.29, 0.717) is 36.7 Å². The van der Waals surface area contributed by atoms with Gasteiger partial charge in [0.1, 0.15) is 17.6 Å². The van der Waals surface area contributed by atoms with Crippen LogP contribution in [-0.4, -0.2) is 36.9 Å². The van der Waals surface area contributed by atoms with Crippen molar-refractivity contribution in [1.82, 2.24) is 19.5 Å². The Labute approximate surface area is 126 Å². The standard InChI is InChI=1S/C14H14N6O2/c1-2-14-4-3-10(21)20(14)11-9(17-12(14)22)7-16-13(18-11)19-6-5-15-8-19/h5-8H,2-4H2,1H3,(H,17,22)/t14-/m0/s1. The smallest absolute Gasteiger partial charge is 0.250 e. The molecule has 1 N–H and O–H groups in total. The van der Waals surface area contributed by atoms with Crippen molar-refractivity contribution in [1.29, 1.82) is 0 Å². The first-order valence-electron chi connectivity index (χ1n) is 7.15. The third kappa shape index (κ3) is 1.54. The first-order chi connectivity index (χ1) is 10.7. The first-order valence-corrected chi connectivity index (χ1v) is 7.15. The monoisotopic (exact) mass is 298 g/mol. The molecule has 2 amide bonds. The first kappa shape index (κ1) is 12.9. The van der Waals surface area contributed by atoms with E-state index in [1.807, 2.05) is 6.92 Å². The molecule has 0 spiro atoms. The van der Waals surface area contributed by atoms with Crippen LogP contribution >= 0.6 is 0 Å². The maximum atomic E-state index is 12.5. The van der Waals surface area contributed by atoms with Crippen molar-refractivity contribution < 1.29 is 9.59 Å². The molecule has 2 aromatic rings. The zero-order chi connectivity index (χ0) is 15.3. The Kier molecular flexibility index (Phi) is 2.56. The van der Waals surface area contributed by atoms with Gasteiger partial charge in [-0.3, -0.25) is 19.1 Å². The van der Waals surface area contributed by atoms with Gasteiger partial charge in [-0.1, -0.05) is 6.92 Å². The van der Waals surface area contributed by atoms with E-state index in [4.69, 9.17) is 0 Å². The van der Waals surface area contributed by atoms with Crippen LogP contribution in [0.2, 0.25) is 0 Å². The molecule has 0 aromatic carbocycles. The van der Waals surface area contributed by atoms with E-state index in [1.165, 1.54) is 6.20 Å². The molecule has 8 heteroatoms. The molecule has 0 aliphatic carbocycles. The Balaban J connectivity index is 1.90. The molecule has 2 aliphatic rings. The topological polar surface area (TPSA) is 93.0 Å². The second-order valence-corrected chi connectivity index (χ2v) is 5.45. The zero-order valence-corrected chi connectivity index (χ0v) is 12.0. The van der Waals surface area contributed by atoms with Crippen molar-refractivity contribution in [3.05, 3.63) is 24.9 Å². The molecule has 0 radical (unpaired) electrons. The predicted octanol–water partition coefficient (Wildman–Crippen LogP) is 0.890. The Morgan fingerprint density at radius 2 is 2.27 bits per heavy atom. The number of carbonyl (C=O) groups is 2. The van der Waals surface area contributed by atoms with E-state index in [2.05, 4.69) is 20.3 Å². The molecule has 112 valence electrons. The maximum absolute atomic E-state index is 12.5. The molecular weight excluding hydrogens is 284 g/mol. The highest BCUT2D eigenvalue weighted by atomic mass is 16.2. The summed E-state index contributed by atoms with van der Waals surface area (Å²) in [6.07, 6.45) is 7.88. The lowest BCUT2D eigenvalue weighted by molar-refractivity contribution is -0.124. The third-order valence-electron chi connectivity index (χ3n) is 4.39. The van der Waals surface area contributed by atoms with Crippen LogP contribution in [0.15, 0.2) is 24.9 Å². The molecule has 8 nitrogen and oxygen atoms in total. The van der Waals surface area contributed by atoms with E-state index in [-0.39, 0.29) is 11.8 Å². The second kappa shape index (κ2) is 4.36. The highest BCUT2D eigenvalue weighted by Crippen LogP contribution is 2.43. The van der Waals surface area contributed by atoms with Crippen molar-refractivity contribution >= 4 is 23.3 Å². The van der Waals surface area contributed by atoms with Crippen LogP contribution in [0.4, 0.5) is 11.5 Å². The van der Waals surface area contributed by atoms with E-state index < -0.39 is 5.54 Å². The van der Waals surface area contributed by atoms with Crippen LogP contribution in [-0.2, 0) is 9.59 Å². The van der Waals surface area contributed by atoms with Crippen LogP contribution in [0, 0.1) is 0 Å². The fourth-order valence-electron chi connectivity index (χ4n) is 3.17. The minimum absolute atomic E-state index is 0.0757. The fourth-order valence-corrected chi connectivity index (χ4v) is 3.17. The van der Waals surface area contributed by atoms with Crippen LogP contribution in [0.3, 0.4) is 0 Å². The Hall–Kier alpha value is -2.77. The normalized spacial score (nSPS) is 23.2. The lowest BCUT2D eigenvalue weighted by atomic mass is 9.90. The molecule has 4 rings (SSSR count). The summed E-state index contributed by atoms with van der Waals surface area (Å²) in [6.45, 7) is 1.91. The maximum Gasteiger partial charge on any atom is 0.250 e. The average molecular weight is 298 g/mol. The van der Waals surface area contributed by atoms with Crippen molar-refractivity contribution in [2.45, 2.75) is 31.7 Å². The van der Waals surface area contributed by atoms with Crippen molar-refractivity contribution in [2.24, 2.45) is 0 Å². The molecule has 1 saturated heterocycles. The summed E-state index contributed by atoms with van der Waals surface area (Å²) < 4.78 is 1.66. The summed E-state index contributed by atoms with van der Waals surface area (Å²) in [4.78, 5) is 39.0. The SMILES string of the molecule is CC[C@@]12CCC(=O)N1c1nc(-n3ccnc3)ncc1NC2=O. The number of carbonyl (C=O) groups excluding carboxylic acids is 2. The molecule has 1 atom stereocenters. The van der Waals surface area contributed by atoms with Gasteiger partial charge in [0, 0.05) is 18.8 Å². The van der Waals surface area contributed by atoms with Crippen LogP contribution in [0.1, 0.15) is 26.2 Å². The Bertz CT molecular complexity index is 772. The predicted molar refractivity (Wildman–Crippen MR) is 77.5 cm³/mol. The van der Waals surface area contributed by atoms with Gasteiger partial charge >= 0.3 is 0 Å². The number of fused-ring (bicyclic) bond motifs is 3. The summed E-state index contributed by atoms with van der Waals surface area (Å²) in [5, 5.41) is 2.83. The van der Waals surface area contributed by atoms with E-state index >= 15 is 0 Å². The molecule has 0 unspecified atom stereocenters. The van der Waals surface area contributed by atoms with Gasteiger partial charge in [0.15, 0.2) is 5.82 Å². The number of aromatic nitrogens is 4. The average Bonchev–Trinajstić information content (AvgIpc) is 3.16. The van der Waals surface area contributed by atoms with Gasteiger partial charge in [-0.15, -0.1) is 0 Å². The molecule has 4 heterocycles. The van der Waals surface area contributed by atoms with Gasteiger partial charge in [0.05, 0.1) is 6.20 Å². The highest BCUT2D eigenvalue weighted by Gasteiger charge is 2.54. The van der Waals surface area contributed by atoms with Crippen molar-refractivity contribution in [3.8, 4) is 5.95 Å². The number of rotatable bonds is 2. The number of nitrogens with zero attached hydrogens (tertiary/aromatic N) is 5. The van der Waals surface area contributed by atoms with Gasteiger partial charge in [0.2, 0.25) is 11.9 Å². The van der Waals surface area contributed by atoms with Gasteiger partial charge in [-0.25, -0.2) is 9.97 Å². The molecule has 22 heavy (non-hydrogen) atoms. The lowest BCUT2D eigenvalue weighted by Gasteiger charge is -2.40. The number of imidazole rings is 1. The van der Waals surface area contributed by atoms with Crippen LogP contribution in [0.5, 0.6) is 0 Å². The molecule has 0 bridgehead atoms. The van der Waals surface area contributed by atoms with E-state index in [1.54, 1.807) is 28.2 Å². The molecule has 2 aromatic heterocycles. The molecule has 0 saturated carbocycles. The molecule has 2 aliphatic heterocycles. The number of nitrogens with one attached hydrogen (secondary N) is 1. The van der Waals surface area contributed by atoms with Gasteiger partial charge < -0.3 is 5.32 Å². The lowest BCUT2D eigenvalue weighted by Crippen LogP contribution is -2.57. The van der Waals surface area contributed by atoms with Crippen LogP contribution in [0.25, 0.3) is 5.95 Å². The number of hydrogen-bond acceptors (Lipinski definition) is 5. The zero-order valence-electron chi connectivity index (χ0n) is 12.0. The summed E-state index contributed by atoms with van der Waals surface area (Å²) in [5.74, 6) is 0.639. The van der Waals surface area contributed by atoms with E-state index in [9.17, 15) is 9.59 Å². The number of hydrogen-bond donors (Lipinski definition) is 1. The minimum Gasteiger partial charge on any atom is -0.320 e. The van der Waals surface area contributed by atoms with E-state index in [0.717, 1.165) is 0 Å². The third-order valence-corrected chi connectivity index (χ3v) is 4.39. The summed E-state index contributed by atoms with van der Waals surface area (Å²) >= 11 is 0. The molecule has 1 fully saturated rings. The minimum atomic E-state index is -0.829. The quantitative estimate of drug-likeness (QED) is 0.888.